The normalized spacial score (nSPS) is 14.8. The number of aliphatic hydroxyl groups is 5. The van der Waals surface area contributed by atoms with Crippen molar-refractivity contribution < 1.29 is 146 Å². The number of primary amides is 2. The van der Waals surface area contributed by atoms with Gasteiger partial charge in [0.1, 0.15) is 103 Å². The zero-order valence-electron chi connectivity index (χ0n) is 84.4. The largest absolute Gasteiger partial charge is 0.481 e. The minimum absolute atomic E-state index is 0.00833. The van der Waals surface area contributed by atoms with Crippen molar-refractivity contribution in [3.8, 4) is 0 Å². The molecule has 0 fully saturated rings. The molecule has 0 unspecified atom stereocenters. The van der Waals surface area contributed by atoms with Crippen LogP contribution in [0, 0.1) is 16.7 Å². The highest BCUT2D eigenvalue weighted by Gasteiger charge is 2.41. The molecule has 62 heteroatoms. The molecule has 1 rings (SSSR count). The smallest absolute Gasteiger partial charge is 0.328 e. The number of rotatable bonds is 77. The molecule has 0 saturated carbocycles. The van der Waals surface area contributed by atoms with E-state index in [9.17, 15) is 146 Å². The fraction of sp³-hybridized carbons (Fsp3) is 0.648. The molecule has 1 aromatic carbocycles. The lowest BCUT2D eigenvalue weighted by atomic mass is 10.0. The first kappa shape index (κ1) is 134. The Morgan fingerprint density at radius 3 is 1.07 bits per heavy atom. The number of amides is 21. The average molecular weight is 2160 g/mol. The van der Waals surface area contributed by atoms with E-state index in [0.717, 1.165) is 13.8 Å². The third kappa shape index (κ3) is 54.0. The summed E-state index contributed by atoms with van der Waals surface area (Å²) in [5.41, 5.74) is 44.8. The number of nitrogens with one attached hydrogen (secondary N) is 23. The van der Waals surface area contributed by atoms with Crippen LogP contribution in [0.25, 0.3) is 0 Å². The van der Waals surface area contributed by atoms with Gasteiger partial charge in [-0.15, -0.1) is 0 Å². The summed E-state index contributed by atoms with van der Waals surface area (Å²) in [5.74, 6) is -28.0. The van der Waals surface area contributed by atoms with Gasteiger partial charge in [-0.1, -0.05) is 44.2 Å². The number of aliphatic carboxylic acids is 2. The number of guanidine groups is 2. The summed E-state index contributed by atoms with van der Waals surface area (Å²) >= 11 is 1.23. The standard InChI is InChI=1S/C88H151N31O30S/c1-43(2)67(117-64(128)38-101-72(134)57(35-62(94)126)114-75(137)53(24-17-32-100-88(97)98)110-81(143)58(36-66(130)131)112-71(133)48(92)40-120)83(145)102-39-65(129)118-68(45(4)123)84(146)103-37-63(127)105-55(27-33-150-6)78(140)107-50(21-11-14-29-90)74(136)108-51(22-12-15-30-91)79(141)119-69(46(5)124)85(147)115-59(41-121)82(144)113-56(34-47-18-8-7-9-19-47)80(142)111-54(25-26-61(93)125)77(139)109-52(23-16-31-99-87(95)96)73(135)104-44(3)70(132)106-49(20-10-13-28-89)76(138)116-60(42-122)86(148)149/h7-9,18-19,43-46,48-60,67-69,120-124H,10-17,20-42,89-92H2,1-6H3,(H2,93,125)(H2,94,126)(H,101,134)(H,102,145)(H,103,146)(H,104,135)(H,105,127)(H,106,132)(H,107,140)(H,108,136)(H,109,139)(H,110,143)(H,111,142)(H,112,133)(H,113,144)(H,114,137)(H,115,147)(H,116,138)(H,117,128)(H,118,129)(H,119,141)(H,130,131)(H,148,149)(H4,95,96,99)(H4,97,98,100)/t44-,45+,46+,48-,49-,50-,51-,52-,53-,54-,55-,56-,57-,58-,59-,60-,67-,68-,69-/m0/s1. The molecular formula is C88H151N31O30S. The quantitative estimate of drug-likeness (QED) is 0.0164. The summed E-state index contributed by atoms with van der Waals surface area (Å²) in [6.07, 6.45) is -5.07. The van der Waals surface area contributed by atoms with Gasteiger partial charge in [0.05, 0.1) is 64.5 Å². The highest BCUT2D eigenvalue weighted by atomic mass is 32.2. The van der Waals surface area contributed by atoms with Crippen molar-refractivity contribution >= 4 is 160 Å². The lowest BCUT2D eigenvalue weighted by Gasteiger charge is -2.29. The van der Waals surface area contributed by atoms with Crippen LogP contribution >= 0.6 is 11.8 Å². The summed E-state index contributed by atoms with van der Waals surface area (Å²) in [4.78, 5) is 311. The molecule has 0 heterocycles. The number of carbonyl (C=O) groups excluding carboxylic acids is 21. The second-order valence-corrected chi connectivity index (χ2v) is 36.0. The molecule has 21 amide bonds. The van der Waals surface area contributed by atoms with Gasteiger partial charge in [0.15, 0.2) is 11.9 Å². The number of hydrogen-bond donors (Lipinski definition) is 38. The minimum atomic E-state index is -2.02. The number of carboxylic acids is 2. The lowest BCUT2D eigenvalue weighted by molar-refractivity contribution is -0.143. The molecule has 46 N–H and O–H groups in total. The van der Waals surface area contributed by atoms with Gasteiger partial charge in [-0.25, -0.2) is 4.79 Å². The van der Waals surface area contributed by atoms with E-state index in [2.05, 4.69) is 106 Å². The van der Waals surface area contributed by atoms with E-state index >= 15 is 0 Å². The number of aliphatic hydroxyl groups excluding tert-OH is 5. The van der Waals surface area contributed by atoms with Gasteiger partial charge < -0.3 is 193 Å². The maximum absolute atomic E-state index is 14.7. The predicted molar refractivity (Wildman–Crippen MR) is 535 cm³/mol. The molecule has 61 nitrogen and oxygen atoms in total. The molecule has 19 atom stereocenters. The number of benzene rings is 1. The van der Waals surface area contributed by atoms with E-state index in [1.54, 1.807) is 24.5 Å². The topological polar surface area (TPSA) is 1040 Å². The first-order chi connectivity index (χ1) is 70.7. The molecule has 0 saturated heterocycles. The second-order valence-electron chi connectivity index (χ2n) is 35.0. The number of nitrogens with two attached hydrogens (primary N) is 8. The van der Waals surface area contributed by atoms with Crippen molar-refractivity contribution in [1.29, 1.82) is 10.8 Å². The van der Waals surface area contributed by atoms with E-state index in [-0.39, 0.29) is 116 Å². The van der Waals surface area contributed by atoms with Gasteiger partial charge in [-0.2, -0.15) is 11.8 Å². The van der Waals surface area contributed by atoms with Crippen LogP contribution in [0.2, 0.25) is 0 Å². The molecule has 0 aliphatic rings. The molecule has 0 aromatic heterocycles. The van der Waals surface area contributed by atoms with E-state index in [0.29, 0.717) is 18.4 Å². The summed E-state index contributed by atoms with van der Waals surface area (Å²) in [6.45, 7) is 0.591. The number of carbonyl (C=O) groups is 23. The highest BCUT2D eigenvalue weighted by molar-refractivity contribution is 7.98. The number of carboxylic acid groups (broad SMARTS) is 2. The molecule has 1 aromatic rings. The van der Waals surface area contributed by atoms with Crippen LogP contribution in [0.3, 0.4) is 0 Å². The van der Waals surface area contributed by atoms with E-state index in [1.807, 2.05) is 5.32 Å². The Labute approximate surface area is 867 Å². The predicted octanol–water partition coefficient (Wildman–Crippen LogP) is -16.6. The Kier molecular flexibility index (Phi) is 64.8. The third-order valence-electron chi connectivity index (χ3n) is 22.1. The zero-order valence-corrected chi connectivity index (χ0v) is 85.2. The molecule has 0 aliphatic heterocycles. The van der Waals surface area contributed by atoms with E-state index < -0.39 is 340 Å². The van der Waals surface area contributed by atoms with Crippen molar-refractivity contribution in [2.45, 2.75) is 272 Å². The van der Waals surface area contributed by atoms with E-state index in [4.69, 9.17) is 56.7 Å². The Bertz CT molecular complexity index is 4670. The van der Waals surface area contributed by atoms with Gasteiger partial charge in [-0.3, -0.25) is 116 Å². The molecule has 0 bridgehead atoms. The van der Waals surface area contributed by atoms with Gasteiger partial charge in [-0.05, 0) is 160 Å². The van der Waals surface area contributed by atoms with Crippen molar-refractivity contribution in [2.75, 3.05) is 84.2 Å². The van der Waals surface area contributed by atoms with Crippen LogP contribution in [0.5, 0.6) is 0 Å². The number of hydrogen-bond acceptors (Lipinski definition) is 35. The molecule has 0 aliphatic carbocycles. The Balaban J connectivity index is 3.49. The molecule has 844 valence electrons. The maximum atomic E-state index is 14.7. The average Bonchev–Trinajstić information content (AvgIpc) is 0.817. The molecule has 0 spiro atoms. The van der Waals surface area contributed by atoms with Crippen LogP contribution in [-0.4, -0.2) is 383 Å². The third-order valence-corrected chi connectivity index (χ3v) is 22.7. The van der Waals surface area contributed by atoms with Gasteiger partial charge >= 0.3 is 11.9 Å². The van der Waals surface area contributed by atoms with Crippen molar-refractivity contribution in [3.05, 3.63) is 35.9 Å². The minimum Gasteiger partial charge on any atom is -0.481 e. The van der Waals surface area contributed by atoms with Crippen LogP contribution in [0.1, 0.15) is 156 Å². The lowest BCUT2D eigenvalue weighted by Crippen LogP contribution is -2.62. The summed E-state index contributed by atoms with van der Waals surface area (Å²) < 4.78 is 0. The van der Waals surface area contributed by atoms with Crippen molar-refractivity contribution in [3.63, 3.8) is 0 Å². The first-order valence-electron chi connectivity index (χ1n) is 48.1. The van der Waals surface area contributed by atoms with Gasteiger partial charge in [0.25, 0.3) is 0 Å². The molecule has 150 heavy (non-hydrogen) atoms. The van der Waals surface area contributed by atoms with Crippen LogP contribution in [-0.2, 0) is 117 Å². The highest BCUT2D eigenvalue weighted by Crippen LogP contribution is 2.15. The summed E-state index contributed by atoms with van der Waals surface area (Å²) in [6, 6.07) is -20.9. The SMILES string of the molecule is CSCC[C@H](NC(=O)CNC(=O)[C@@H](NC(=O)CNC(=O)[C@@H](NC(=O)CNC(=O)[C@H](CC(N)=O)NC(=O)[C@H](CCCNC(=N)N)NC(=O)[C@H](CC(=O)O)NC(=O)[C@@H](N)CO)C(C)C)[C@@H](C)O)C(=O)N[C@@H](CCCCN)C(=O)N[C@@H](CCCCN)C(=O)N[C@H](C(=O)N[C@@H](CO)C(=O)N[C@@H](Cc1ccccc1)C(=O)N[C@@H](CCC(N)=O)C(=O)N[C@@H](CCCNC(=N)N)C(=O)N[C@@H](C)C(=O)N[C@@H](CCCCN)C(=O)N[C@@H](CO)C(=O)O)[C@@H](C)O. The first-order valence-corrected chi connectivity index (χ1v) is 49.5. The molecule has 0 radical (unpaired) electrons. The zero-order chi connectivity index (χ0) is 114. The monoisotopic (exact) mass is 2150 g/mol. The second kappa shape index (κ2) is 72.8. The Hall–Kier alpha value is -14.4. The van der Waals surface area contributed by atoms with Crippen molar-refractivity contribution in [2.24, 2.45) is 51.8 Å². The molecular weight excluding hydrogens is 2000 g/mol. The summed E-state index contributed by atoms with van der Waals surface area (Å²) in [5, 5.41) is 134. The Morgan fingerprint density at radius 2 is 0.673 bits per heavy atom. The van der Waals surface area contributed by atoms with Gasteiger partial charge in [0.2, 0.25) is 124 Å². The maximum Gasteiger partial charge on any atom is 0.328 e. The fourth-order valence-corrected chi connectivity index (χ4v) is 14.3. The van der Waals surface area contributed by atoms with E-state index in [1.165, 1.54) is 44.7 Å². The Morgan fingerprint density at radius 1 is 0.333 bits per heavy atom. The van der Waals surface area contributed by atoms with Crippen molar-refractivity contribution in [1.82, 2.24) is 112 Å². The van der Waals surface area contributed by atoms with Crippen LogP contribution in [0.4, 0.5) is 0 Å². The number of unbranched alkanes of at least 4 members (excludes halogenated alkanes) is 3. The number of thioether (sulfide) groups is 1. The van der Waals surface area contributed by atoms with Crippen LogP contribution < -0.4 is 158 Å². The van der Waals surface area contributed by atoms with Gasteiger partial charge in [0, 0.05) is 25.9 Å². The fourth-order valence-electron chi connectivity index (χ4n) is 13.8. The summed E-state index contributed by atoms with van der Waals surface area (Å²) in [7, 11) is 0. The van der Waals surface area contributed by atoms with Crippen LogP contribution in [0.15, 0.2) is 30.3 Å².